The third kappa shape index (κ3) is 5.93. The second-order valence-corrected chi connectivity index (χ2v) is 7.53. The topological polar surface area (TPSA) is 53.8 Å². The summed E-state index contributed by atoms with van der Waals surface area (Å²) in [6.07, 6.45) is 3.97. The molecule has 0 saturated carbocycles. The molecule has 3 aromatic rings. The Labute approximate surface area is 174 Å². The number of thiophene rings is 1. The first kappa shape index (κ1) is 20.6. The van der Waals surface area contributed by atoms with Crippen LogP contribution in [0.5, 0.6) is 0 Å². The molecule has 0 atom stereocenters. The van der Waals surface area contributed by atoms with Crippen LogP contribution in [-0.4, -0.2) is 41.2 Å². The van der Waals surface area contributed by atoms with E-state index in [2.05, 4.69) is 6.58 Å². The highest BCUT2D eigenvalue weighted by Gasteiger charge is 2.22. The second kappa shape index (κ2) is 10.4. The lowest BCUT2D eigenvalue weighted by Crippen LogP contribution is -2.43. The highest BCUT2D eigenvalue weighted by Crippen LogP contribution is 2.14. The van der Waals surface area contributed by atoms with Gasteiger partial charge in [-0.05, 0) is 35.6 Å². The van der Waals surface area contributed by atoms with Gasteiger partial charge in [-0.3, -0.25) is 9.59 Å². The molecule has 1 aromatic carbocycles. The third-order valence-corrected chi connectivity index (χ3v) is 5.35. The van der Waals surface area contributed by atoms with E-state index in [1.54, 1.807) is 29.4 Å². The predicted octanol–water partition coefficient (Wildman–Crippen LogP) is 4.24. The second-order valence-electron chi connectivity index (χ2n) is 6.58. The van der Waals surface area contributed by atoms with Gasteiger partial charge in [0.1, 0.15) is 12.3 Å². The van der Waals surface area contributed by atoms with Crippen molar-refractivity contribution in [3.63, 3.8) is 0 Å². The largest absolute Gasteiger partial charge is 0.467 e. The lowest BCUT2D eigenvalue weighted by molar-refractivity contribution is -0.132. The van der Waals surface area contributed by atoms with Gasteiger partial charge in [-0.1, -0.05) is 42.5 Å². The summed E-state index contributed by atoms with van der Waals surface area (Å²) in [6, 6.07) is 17.3. The average molecular weight is 409 g/mol. The zero-order valence-electron chi connectivity index (χ0n) is 16.2. The van der Waals surface area contributed by atoms with Crippen molar-refractivity contribution in [1.82, 2.24) is 9.80 Å². The maximum Gasteiger partial charge on any atom is 0.264 e. The normalized spacial score (nSPS) is 10.5. The summed E-state index contributed by atoms with van der Waals surface area (Å²) < 4.78 is 5.44. The molecule has 0 saturated heterocycles. The van der Waals surface area contributed by atoms with Gasteiger partial charge in [0.25, 0.3) is 5.91 Å². The molecule has 29 heavy (non-hydrogen) atoms. The number of nitrogens with zero attached hydrogens (tertiary/aromatic N) is 2. The Hall–Kier alpha value is -3.12. The minimum atomic E-state index is -0.158. The summed E-state index contributed by atoms with van der Waals surface area (Å²) in [6.45, 7) is 4.95. The van der Waals surface area contributed by atoms with Crippen LogP contribution < -0.4 is 0 Å². The summed E-state index contributed by atoms with van der Waals surface area (Å²) in [5.41, 5.74) is 1.15. The molecule has 0 spiro atoms. The first-order valence-electron chi connectivity index (χ1n) is 9.45. The maximum absolute atomic E-state index is 13.1. The number of hydrogen-bond acceptors (Lipinski definition) is 4. The van der Waals surface area contributed by atoms with Crippen molar-refractivity contribution in [2.75, 3.05) is 19.6 Å². The van der Waals surface area contributed by atoms with Gasteiger partial charge >= 0.3 is 0 Å². The molecule has 0 fully saturated rings. The number of carbonyl (C=O) groups excluding carboxylic acids is 2. The average Bonchev–Trinajstić information content (AvgIpc) is 3.45. The fourth-order valence-electron chi connectivity index (χ4n) is 2.99. The van der Waals surface area contributed by atoms with Crippen molar-refractivity contribution in [3.05, 3.63) is 95.1 Å². The monoisotopic (exact) mass is 408 g/mol. The van der Waals surface area contributed by atoms with Crippen LogP contribution in [0.2, 0.25) is 0 Å². The van der Waals surface area contributed by atoms with Gasteiger partial charge in [-0.2, -0.15) is 0 Å². The fraction of sp³-hybridized carbons (Fsp3) is 0.217. The first-order valence-corrected chi connectivity index (χ1v) is 10.3. The number of rotatable bonds is 10. The zero-order valence-corrected chi connectivity index (χ0v) is 17.0. The molecule has 5 nitrogen and oxygen atoms in total. The Balaban J connectivity index is 1.71. The summed E-state index contributed by atoms with van der Waals surface area (Å²) in [4.78, 5) is 29.7. The summed E-state index contributed by atoms with van der Waals surface area (Å²) in [5.74, 6) is 0.435. The molecule has 0 bridgehead atoms. The Bertz CT molecular complexity index is 905. The van der Waals surface area contributed by atoms with Crippen molar-refractivity contribution in [3.8, 4) is 0 Å². The van der Waals surface area contributed by atoms with Crippen LogP contribution in [0.15, 0.2) is 83.3 Å². The van der Waals surface area contributed by atoms with E-state index < -0.39 is 0 Å². The molecule has 0 N–H and O–H groups in total. The van der Waals surface area contributed by atoms with E-state index in [1.807, 2.05) is 47.8 Å². The molecule has 0 aliphatic rings. The Kier molecular flexibility index (Phi) is 7.41. The molecule has 2 heterocycles. The quantitative estimate of drug-likeness (QED) is 0.472. The van der Waals surface area contributed by atoms with Crippen molar-refractivity contribution in [2.24, 2.45) is 0 Å². The van der Waals surface area contributed by atoms with Crippen LogP contribution in [0.1, 0.15) is 21.0 Å². The van der Waals surface area contributed by atoms with E-state index in [4.69, 9.17) is 4.42 Å². The summed E-state index contributed by atoms with van der Waals surface area (Å²) >= 11 is 1.37. The summed E-state index contributed by atoms with van der Waals surface area (Å²) in [5, 5.41) is 1.85. The Morgan fingerprint density at radius 3 is 2.52 bits per heavy atom. The first-order chi connectivity index (χ1) is 14.2. The van der Waals surface area contributed by atoms with E-state index in [9.17, 15) is 9.59 Å². The molecule has 2 amide bonds. The van der Waals surface area contributed by atoms with Crippen LogP contribution >= 0.6 is 11.3 Å². The number of benzene rings is 1. The van der Waals surface area contributed by atoms with Gasteiger partial charge in [0.15, 0.2) is 0 Å². The minimum absolute atomic E-state index is 0.00173. The molecule has 0 radical (unpaired) electrons. The number of amides is 2. The van der Waals surface area contributed by atoms with Gasteiger partial charge in [0, 0.05) is 13.1 Å². The third-order valence-electron chi connectivity index (χ3n) is 4.49. The molecule has 3 rings (SSSR count). The zero-order chi connectivity index (χ0) is 20.5. The fourth-order valence-corrected chi connectivity index (χ4v) is 3.68. The van der Waals surface area contributed by atoms with Crippen LogP contribution in [0.25, 0.3) is 0 Å². The SMILES string of the molecule is C=CCN(CC(=O)N(CCc1ccccc1)Cc1ccco1)C(=O)c1cccs1. The van der Waals surface area contributed by atoms with E-state index in [0.717, 1.165) is 12.0 Å². The minimum Gasteiger partial charge on any atom is -0.467 e. The van der Waals surface area contributed by atoms with Crippen LogP contribution in [-0.2, 0) is 17.8 Å². The molecule has 0 aliphatic carbocycles. The van der Waals surface area contributed by atoms with Crippen molar-refractivity contribution in [2.45, 2.75) is 13.0 Å². The maximum atomic E-state index is 13.1. The predicted molar refractivity (Wildman–Crippen MR) is 115 cm³/mol. The van der Waals surface area contributed by atoms with Crippen molar-refractivity contribution < 1.29 is 14.0 Å². The highest BCUT2D eigenvalue weighted by molar-refractivity contribution is 7.12. The molecule has 0 unspecified atom stereocenters. The van der Waals surface area contributed by atoms with Gasteiger partial charge in [0.2, 0.25) is 5.91 Å². The van der Waals surface area contributed by atoms with Crippen LogP contribution in [0.3, 0.4) is 0 Å². The van der Waals surface area contributed by atoms with E-state index >= 15 is 0 Å². The molecule has 0 aliphatic heterocycles. The highest BCUT2D eigenvalue weighted by atomic mass is 32.1. The lowest BCUT2D eigenvalue weighted by atomic mass is 10.1. The van der Waals surface area contributed by atoms with Gasteiger partial charge in [0.05, 0.1) is 17.7 Å². The number of carbonyl (C=O) groups is 2. The van der Waals surface area contributed by atoms with E-state index in [1.165, 1.54) is 16.2 Å². The van der Waals surface area contributed by atoms with Crippen molar-refractivity contribution in [1.29, 1.82) is 0 Å². The number of hydrogen-bond donors (Lipinski definition) is 0. The van der Waals surface area contributed by atoms with E-state index in [0.29, 0.717) is 30.3 Å². The summed E-state index contributed by atoms with van der Waals surface area (Å²) in [7, 11) is 0. The van der Waals surface area contributed by atoms with E-state index in [-0.39, 0.29) is 18.4 Å². The molecule has 2 aromatic heterocycles. The van der Waals surface area contributed by atoms with Crippen LogP contribution in [0, 0.1) is 0 Å². The molecular weight excluding hydrogens is 384 g/mol. The van der Waals surface area contributed by atoms with Gasteiger partial charge in [-0.25, -0.2) is 0 Å². The van der Waals surface area contributed by atoms with Gasteiger partial charge in [-0.15, -0.1) is 17.9 Å². The Morgan fingerprint density at radius 1 is 1.03 bits per heavy atom. The molecular formula is C23H24N2O3S. The number of furan rings is 1. The van der Waals surface area contributed by atoms with Gasteiger partial charge < -0.3 is 14.2 Å². The molecule has 6 heteroatoms. The van der Waals surface area contributed by atoms with Crippen molar-refractivity contribution >= 4 is 23.2 Å². The lowest BCUT2D eigenvalue weighted by Gasteiger charge is -2.26. The Morgan fingerprint density at radius 2 is 1.86 bits per heavy atom. The van der Waals surface area contributed by atoms with Crippen LogP contribution in [0.4, 0.5) is 0 Å². The molecule has 150 valence electrons. The standard InChI is InChI=1S/C23H24N2O3S/c1-2-13-25(23(27)21-11-7-16-29-21)18-22(26)24(17-20-10-6-15-28-20)14-12-19-8-4-3-5-9-19/h2-11,15-16H,1,12-14,17-18H2. The smallest absolute Gasteiger partial charge is 0.264 e.